The lowest BCUT2D eigenvalue weighted by Crippen LogP contribution is -2.90. The summed E-state index contributed by atoms with van der Waals surface area (Å²) in [5.74, 6) is -3.62. The lowest BCUT2D eigenvalue weighted by Gasteiger charge is -2.79. The molecule has 0 radical (unpaired) electrons. The summed E-state index contributed by atoms with van der Waals surface area (Å²) in [4.78, 5) is 26.2. The third kappa shape index (κ3) is 2.67. The molecular formula is C27H40O7. The van der Waals surface area contributed by atoms with Crippen molar-refractivity contribution >= 4 is 11.8 Å². The molecule has 3 saturated heterocycles. The number of aliphatic hydroxyl groups excluding tert-OH is 1. The first kappa shape index (κ1) is 24.4. The van der Waals surface area contributed by atoms with Gasteiger partial charge in [-0.15, -0.1) is 0 Å². The number of ketones is 1. The quantitative estimate of drug-likeness (QED) is 0.490. The van der Waals surface area contributed by atoms with E-state index in [1.165, 1.54) is 6.92 Å². The third-order valence-corrected chi connectivity index (χ3v) is 10.0. The molecule has 0 aromatic rings. The molecule has 6 fully saturated rings. The van der Waals surface area contributed by atoms with Gasteiger partial charge in [-0.2, -0.15) is 0 Å². The van der Waals surface area contributed by atoms with Crippen molar-refractivity contribution in [3.05, 3.63) is 12.2 Å². The summed E-state index contributed by atoms with van der Waals surface area (Å²) in [5.41, 5.74) is -1.26. The Morgan fingerprint density at radius 3 is 2.32 bits per heavy atom. The minimum Gasteiger partial charge on any atom is -0.462 e. The minimum atomic E-state index is -1.54. The van der Waals surface area contributed by atoms with E-state index in [0.717, 1.165) is 24.8 Å². The molecular weight excluding hydrogens is 436 g/mol. The summed E-state index contributed by atoms with van der Waals surface area (Å²) in [6.07, 6.45) is 0.909. The van der Waals surface area contributed by atoms with Crippen LogP contribution < -0.4 is 0 Å². The van der Waals surface area contributed by atoms with Gasteiger partial charge in [-0.05, 0) is 64.7 Å². The van der Waals surface area contributed by atoms with E-state index in [4.69, 9.17) is 18.9 Å². The fraction of sp³-hybridized carbons (Fsp3) is 0.852. The Balaban J connectivity index is 1.82. The Hall–Kier alpha value is -1.28. The van der Waals surface area contributed by atoms with Gasteiger partial charge in [0.05, 0.1) is 12.7 Å². The summed E-state index contributed by atoms with van der Waals surface area (Å²) in [7, 11) is 0. The number of ether oxygens (including phenoxy) is 4. The van der Waals surface area contributed by atoms with Crippen LogP contribution in [0.1, 0.15) is 74.1 Å². The van der Waals surface area contributed by atoms with E-state index in [2.05, 4.69) is 20.4 Å². The van der Waals surface area contributed by atoms with Gasteiger partial charge in [0.2, 0.25) is 5.79 Å². The van der Waals surface area contributed by atoms with E-state index in [-0.39, 0.29) is 41.5 Å². The lowest BCUT2D eigenvalue weighted by atomic mass is 9.33. The maximum atomic E-state index is 14.0. The molecule has 3 heterocycles. The van der Waals surface area contributed by atoms with E-state index < -0.39 is 40.7 Å². The van der Waals surface area contributed by atoms with Crippen LogP contribution in [-0.2, 0) is 28.5 Å². The molecule has 190 valence electrons. The minimum absolute atomic E-state index is 0.0750. The van der Waals surface area contributed by atoms with Crippen molar-refractivity contribution in [2.45, 2.75) is 104 Å². The van der Waals surface area contributed by atoms with Crippen LogP contribution >= 0.6 is 0 Å². The normalized spacial score (nSPS) is 50.0. The predicted molar refractivity (Wildman–Crippen MR) is 123 cm³/mol. The summed E-state index contributed by atoms with van der Waals surface area (Å²) in [6.45, 7) is 17.5. The first-order valence-electron chi connectivity index (χ1n) is 12.7. The monoisotopic (exact) mass is 476 g/mol. The maximum absolute atomic E-state index is 14.0. The van der Waals surface area contributed by atoms with Gasteiger partial charge in [-0.3, -0.25) is 9.59 Å². The van der Waals surface area contributed by atoms with Crippen LogP contribution in [0.25, 0.3) is 0 Å². The molecule has 7 heteroatoms. The first-order valence-corrected chi connectivity index (χ1v) is 12.7. The highest BCUT2D eigenvalue weighted by atomic mass is 16.8. The van der Waals surface area contributed by atoms with Gasteiger partial charge in [0.25, 0.3) is 0 Å². The van der Waals surface area contributed by atoms with Gasteiger partial charge in [0.1, 0.15) is 23.4 Å². The number of fused-ring (bicyclic) bond motifs is 1. The molecule has 0 aromatic heterocycles. The van der Waals surface area contributed by atoms with Gasteiger partial charge in [-0.1, -0.05) is 26.0 Å². The van der Waals surface area contributed by atoms with Crippen molar-refractivity contribution in [1.29, 1.82) is 0 Å². The lowest BCUT2D eigenvalue weighted by molar-refractivity contribution is -0.538. The highest BCUT2D eigenvalue weighted by molar-refractivity contribution is 5.86. The largest absolute Gasteiger partial charge is 0.462 e. The van der Waals surface area contributed by atoms with E-state index >= 15 is 0 Å². The number of Topliss-reactive ketones (excluding diaryl/α,β-unsaturated/α-hetero) is 1. The van der Waals surface area contributed by atoms with Crippen LogP contribution in [0.15, 0.2) is 12.2 Å². The molecule has 2 spiro atoms. The van der Waals surface area contributed by atoms with Gasteiger partial charge < -0.3 is 24.1 Å². The molecule has 34 heavy (non-hydrogen) atoms. The number of rotatable bonds is 3. The molecule has 0 aromatic carbocycles. The molecule has 3 saturated carbocycles. The van der Waals surface area contributed by atoms with Crippen LogP contribution in [0.4, 0.5) is 0 Å². The highest BCUT2D eigenvalue weighted by Gasteiger charge is 2.87. The topological polar surface area (TPSA) is 91.3 Å². The third-order valence-electron chi connectivity index (χ3n) is 10.0. The zero-order chi connectivity index (χ0) is 25.1. The average molecular weight is 477 g/mol. The van der Waals surface area contributed by atoms with Crippen molar-refractivity contribution in [1.82, 2.24) is 0 Å². The Morgan fingerprint density at radius 1 is 1.06 bits per heavy atom. The standard InChI is InChI=1S/C27H40O7/c1-14(2)17-9-10-18-25-13-31-27(26(18,15(3)28)22(17)33-24(7,8)34-27)21(30)20(25)23(5,6)12-11-19(25)32-16(4)29/h17-22,30H,1,9-13H2,2-8H3/t17-,18-,19-,20+,21-,22+,25+,26+,27?/m0/s1. The molecule has 9 atom stereocenters. The van der Waals surface area contributed by atoms with E-state index in [1.54, 1.807) is 6.92 Å². The first-order chi connectivity index (χ1) is 15.7. The summed E-state index contributed by atoms with van der Waals surface area (Å²) in [5, 5.41) is 12.3. The Kier molecular flexibility index (Phi) is 5.13. The Bertz CT molecular complexity index is 939. The molecule has 3 aliphatic carbocycles. The molecule has 2 bridgehead atoms. The van der Waals surface area contributed by atoms with Crippen LogP contribution in [0, 0.1) is 34.0 Å². The molecule has 6 aliphatic rings. The summed E-state index contributed by atoms with van der Waals surface area (Å²) >= 11 is 0. The number of hydrogen-bond acceptors (Lipinski definition) is 7. The number of hydrogen-bond donors (Lipinski definition) is 1. The predicted octanol–water partition coefficient (Wildman–Crippen LogP) is 3.77. The van der Waals surface area contributed by atoms with Crippen LogP contribution in [0.5, 0.6) is 0 Å². The van der Waals surface area contributed by atoms with Gasteiger partial charge in [0, 0.05) is 24.2 Å². The van der Waals surface area contributed by atoms with E-state index in [1.807, 2.05) is 20.8 Å². The van der Waals surface area contributed by atoms with Gasteiger partial charge >= 0.3 is 5.97 Å². The number of esters is 1. The Labute approximate surface area is 202 Å². The second-order valence-electron chi connectivity index (χ2n) is 12.7. The zero-order valence-corrected chi connectivity index (χ0v) is 21.6. The fourth-order valence-corrected chi connectivity index (χ4v) is 9.19. The second kappa shape index (κ2) is 7.15. The fourth-order valence-electron chi connectivity index (χ4n) is 9.19. The van der Waals surface area contributed by atoms with E-state index in [0.29, 0.717) is 6.42 Å². The smallest absolute Gasteiger partial charge is 0.302 e. The number of carbonyl (C=O) groups is 2. The summed E-state index contributed by atoms with van der Waals surface area (Å²) < 4.78 is 25.8. The zero-order valence-electron chi connectivity index (χ0n) is 21.6. The second-order valence-corrected chi connectivity index (χ2v) is 12.7. The van der Waals surface area contributed by atoms with Crippen molar-refractivity contribution < 1.29 is 33.6 Å². The van der Waals surface area contributed by atoms with Gasteiger partial charge in [-0.25, -0.2) is 0 Å². The van der Waals surface area contributed by atoms with E-state index in [9.17, 15) is 14.7 Å². The van der Waals surface area contributed by atoms with Crippen LogP contribution in [0.3, 0.4) is 0 Å². The molecule has 6 rings (SSSR count). The summed E-state index contributed by atoms with van der Waals surface area (Å²) in [6, 6.07) is 0. The number of aliphatic hydroxyl groups is 1. The van der Waals surface area contributed by atoms with Crippen LogP contribution in [-0.4, -0.2) is 53.4 Å². The highest BCUT2D eigenvalue weighted by Crippen LogP contribution is 2.77. The van der Waals surface area contributed by atoms with Crippen molar-refractivity contribution in [2.24, 2.45) is 34.0 Å². The SMILES string of the molecule is C=C(C)[C@@H]1CC[C@H]2[C@@]34COC5(OC(C)(C)O[C@H]1[C@@]25C(C)=O)[C@@H](O)[C@@H]3C(C)(C)CC[C@@H]4OC(C)=O. The van der Waals surface area contributed by atoms with Crippen molar-refractivity contribution in [3.8, 4) is 0 Å². The number of carbonyl (C=O) groups excluding carboxylic acids is 2. The van der Waals surface area contributed by atoms with Gasteiger partial charge in [0.15, 0.2) is 5.79 Å². The average Bonchev–Trinajstić information content (AvgIpc) is 2.70. The molecule has 0 amide bonds. The molecule has 1 unspecified atom stereocenters. The maximum Gasteiger partial charge on any atom is 0.302 e. The molecule has 7 nitrogen and oxygen atoms in total. The van der Waals surface area contributed by atoms with Crippen molar-refractivity contribution in [2.75, 3.05) is 6.61 Å². The van der Waals surface area contributed by atoms with Crippen LogP contribution in [0.2, 0.25) is 0 Å². The molecule has 1 N–H and O–H groups in total. The Morgan fingerprint density at radius 2 is 1.74 bits per heavy atom. The molecule has 3 aliphatic heterocycles. The van der Waals surface area contributed by atoms with Crippen molar-refractivity contribution in [3.63, 3.8) is 0 Å².